The monoisotopic (exact) mass is 299 g/mol. The number of aromatic amines is 1. The van der Waals surface area contributed by atoms with E-state index in [1.807, 2.05) is 0 Å². The highest BCUT2D eigenvalue weighted by molar-refractivity contribution is 5.87. The minimum Gasteiger partial charge on any atom is -0.480 e. The summed E-state index contributed by atoms with van der Waals surface area (Å²) in [5.41, 5.74) is -1.23. The van der Waals surface area contributed by atoms with Gasteiger partial charge in [-0.1, -0.05) is 0 Å². The van der Waals surface area contributed by atoms with E-state index in [2.05, 4.69) is 15.2 Å². The summed E-state index contributed by atoms with van der Waals surface area (Å²) in [6.07, 6.45) is -0.558. The quantitative estimate of drug-likeness (QED) is 0.499. The molecule has 0 radical (unpaired) electrons. The third-order valence-corrected chi connectivity index (χ3v) is 2.42. The molecule has 0 fully saturated rings. The fraction of sp³-hybridized carbons (Fsp3) is 0.364. The number of aromatic nitrogens is 2. The van der Waals surface area contributed by atoms with E-state index in [4.69, 9.17) is 5.11 Å². The largest absolute Gasteiger partial charge is 0.480 e. The average Bonchev–Trinajstić information content (AvgIpc) is 2.41. The Kier molecular flexibility index (Phi) is 5.40. The van der Waals surface area contributed by atoms with E-state index in [0.29, 0.717) is 4.68 Å². The molecule has 1 rings (SSSR count). The zero-order valence-electron chi connectivity index (χ0n) is 11.0. The van der Waals surface area contributed by atoms with Crippen molar-refractivity contribution in [2.24, 2.45) is 0 Å². The second-order valence-corrected chi connectivity index (χ2v) is 3.97. The fourth-order valence-electron chi connectivity index (χ4n) is 1.41. The third-order valence-electron chi connectivity index (χ3n) is 2.42. The summed E-state index contributed by atoms with van der Waals surface area (Å²) in [6.45, 7) is -0.583. The van der Waals surface area contributed by atoms with Crippen molar-refractivity contribution in [3.63, 3.8) is 0 Å². The molecule has 3 N–H and O–H groups in total. The number of carbonyl (C=O) groups excluding carboxylic acids is 2. The van der Waals surface area contributed by atoms with Gasteiger partial charge in [0.05, 0.1) is 13.5 Å². The van der Waals surface area contributed by atoms with Gasteiger partial charge in [-0.15, -0.1) is 0 Å². The van der Waals surface area contributed by atoms with Crippen LogP contribution in [0.3, 0.4) is 0 Å². The van der Waals surface area contributed by atoms with Crippen molar-refractivity contribution in [3.8, 4) is 0 Å². The summed E-state index contributed by atoms with van der Waals surface area (Å²) in [5, 5.41) is 13.0. The molecule has 1 amide bonds. The van der Waals surface area contributed by atoms with Gasteiger partial charge in [0.25, 0.3) is 11.1 Å². The number of methoxy groups -OCH3 is 1. The Morgan fingerprint density at radius 3 is 2.62 bits per heavy atom. The molecule has 0 aliphatic carbocycles. The van der Waals surface area contributed by atoms with Crippen molar-refractivity contribution in [1.29, 1.82) is 0 Å². The minimum atomic E-state index is -1.49. The highest BCUT2D eigenvalue weighted by atomic mass is 16.5. The van der Waals surface area contributed by atoms with E-state index >= 15 is 0 Å². The number of hydrogen-bond donors (Lipinski definition) is 3. The van der Waals surface area contributed by atoms with Crippen molar-refractivity contribution in [2.45, 2.75) is 19.0 Å². The van der Waals surface area contributed by atoms with Crippen molar-refractivity contribution in [1.82, 2.24) is 15.1 Å². The van der Waals surface area contributed by atoms with Gasteiger partial charge >= 0.3 is 11.9 Å². The second kappa shape index (κ2) is 7.03. The normalized spacial score (nSPS) is 11.5. The highest BCUT2D eigenvalue weighted by Crippen LogP contribution is 1.95. The number of esters is 1. The number of amides is 1. The van der Waals surface area contributed by atoms with Crippen LogP contribution in [-0.4, -0.2) is 45.9 Å². The predicted molar refractivity (Wildman–Crippen MR) is 67.5 cm³/mol. The molecule has 10 heteroatoms. The molecule has 0 bridgehead atoms. The van der Waals surface area contributed by atoms with Crippen molar-refractivity contribution in [3.05, 3.63) is 32.8 Å². The van der Waals surface area contributed by atoms with E-state index in [9.17, 15) is 24.0 Å². The molecule has 0 aromatic carbocycles. The van der Waals surface area contributed by atoms with Crippen LogP contribution in [0.2, 0.25) is 0 Å². The van der Waals surface area contributed by atoms with Crippen LogP contribution in [-0.2, 0) is 25.7 Å². The molecule has 0 unspecified atom stereocenters. The van der Waals surface area contributed by atoms with Gasteiger partial charge in [-0.3, -0.25) is 24.3 Å². The molecule has 21 heavy (non-hydrogen) atoms. The Labute approximate surface area is 117 Å². The number of hydrogen-bond acceptors (Lipinski definition) is 6. The molecule has 1 aromatic rings. The number of rotatable bonds is 6. The molecule has 0 spiro atoms. The number of aliphatic carboxylic acids is 1. The number of nitrogens with zero attached hydrogens (tertiary/aromatic N) is 1. The Balaban J connectivity index is 2.76. The molecule has 10 nitrogen and oxygen atoms in total. The summed E-state index contributed by atoms with van der Waals surface area (Å²) < 4.78 is 5.03. The molecule has 1 aromatic heterocycles. The van der Waals surface area contributed by atoms with E-state index in [1.165, 1.54) is 0 Å². The van der Waals surface area contributed by atoms with Gasteiger partial charge < -0.3 is 15.2 Å². The molecule has 0 aliphatic heterocycles. The summed E-state index contributed by atoms with van der Waals surface area (Å²) in [6, 6.07) is 0.472. The number of H-pyrrole nitrogens is 1. The average molecular weight is 299 g/mol. The summed E-state index contributed by atoms with van der Waals surface area (Å²) >= 11 is 0. The zero-order valence-corrected chi connectivity index (χ0v) is 11.0. The van der Waals surface area contributed by atoms with Crippen LogP contribution in [0.1, 0.15) is 6.42 Å². The first-order valence-electron chi connectivity index (χ1n) is 5.72. The maximum atomic E-state index is 11.7. The van der Waals surface area contributed by atoms with Crippen molar-refractivity contribution < 1.29 is 24.2 Å². The predicted octanol–water partition coefficient (Wildman–Crippen LogP) is -2.33. The lowest BCUT2D eigenvalue weighted by Crippen LogP contribution is -2.45. The summed E-state index contributed by atoms with van der Waals surface area (Å²) in [5.74, 6) is -3.09. The van der Waals surface area contributed by atoms with Gasteiger partial charge in [0.2, 0.25) is 5.91 Å². The third kappa shape index (κ3) is 4.93. The SMILES string of the molecule is COC(=O)C[C@H](NC(=O)Cn1[nH]c(=O)ccc1=O)C(=O)O. The van der Waals surface area contributed by atoms with Crippen LogP contribution >= 0.6 is 0 Å². The molecule has 0 aliphatic rings. The van der Waals surface area contributed by atoms with Crippen LogP contribution in [0, 0.1) is 0 Å². The van der Waals surface area contributed by atoms with Gasteiger partial charge in [0.1, 0.15) is 12.6 Å². The van der Waals surface area contributed by atoms with Crippen LogP contribution in [0.5, 0.6) is 0 Å². The first-order chi connectivity index (χ1) is 9.83. The molecule has 1 atom stereocenters. The standard InChI is InChI=1S/C11H13N3O7/c1-21-10(18)4-6(11(19)20)12-8(16)5-14-9(17)3-2-7(15)13-14/h2-3,6H,4-5H2,1H3,(H,12,16)(H,13,15)(H,19,20)/t6-/m0/s1. The minimum absolute atomic E-state index is 0.558. The van der Waals surface area contributed by atoms with E-state index < -0.39 is 48.0 Å². The maximum Gasteiger partial charge on any atom is 0.326 e. The molecule has 0 saturated heterocycles. The molecule has 1 heterocycles. The Hall–Kier alpha value is -2.91. The lowest BCUT2D eigenvalue weighted by atomic mass is 10.2. The molecule has 114 valence electrons. The number of nitrogens with one attached hydrogen (secondary N) is 2. The Bertz CT molecular complexity index is 660. The topological polar surface area (TPSA) is 148 Å². The van der Waals surface area contributed by atoms with Gasteiger partial charge in [-0.2, -0.15) is 0 Å². The van der Waals surface area contributed by atoms with E-state index in [-0.39, 0.29) is 0 Å². The second-order valence-electron chi connectivity index (χ2n) is 3.97. The summed E-state index contributed by atoms with van der Waals surface area (Å²) in [4.78, 5) is 56.0. The highest BCUT2D eigenvalue weighted by Gasteiger charge is 2.23. The van der Waals surface area contributed by atoms with E-state index in [1.54, 1.807) is 0 Å². The fourth-order valence-corrected chi connectivity index (χ4v) is 1.41. The van der Waals surface area contributed by atoms with E-state index in [0.717, 1.165) is 19.2 Å². The van der Waals surface area contributed by atoms with Crippen LogP contribution in [0.15, 0.2) is 21.7 Å². The number of carboxylic acids is 1. The first kappa shape index (κ1) is 16.1. The smallest absolute Gasteiger partial charge is 0.326 e. The first-order valence-corrected chi connectivity index (χ1v) is 5.72. The van der Waals surface area contributed by atoms with Crippen molar-refractivity contribution >= 4 is 17.8 Å². The van der Waals surface area contributed by atoms with Crippen LogP contribution in [0.25, 0.3) is 0 Å². The van der Waals surface area contributed by atoms with Gasteiger partial charge in [0.15, 0.2) is 0 Å². The van der Waals surface area contributed by atoms with Crippen LogP contribution < -0.4 is 16.4 Å². The number of ether oxygens (including phenoxy) is 1. The Morgan fingerprint density at radius 2 is 2.05 bits per heavy atom. The van der Waals surface area contributed by atoms with Gasteiger partial charge in [-0.05, 0) is 0 Å². The Morgan fingerprint density at radius 1 is 1.38 bits per heavy atom. The number of carbonyl (C=O) groups is 3. The molecule has 0 saturated carbocycles. The lowest BCUT2D eigenvalue weighted by Gasteiger charge is -2.13. The van der Waals surface area contributed by atoms with Gasteiger partial charge in [0, 0.05) is 12.1 Å². The lowest BCUT2D eigenvalue weighted by molar-refractivity contribution is -0.148. The van der Waals surface area contributed by atoms with Gasteiger partial charge in [-0.25, -0.2) is 9.48 Å². The zero-order chi connectivity index (χ0) is 16.0. The maximum absolute atomic E-state index is 11.7. The number of carboxylic acid groups (broad SMARTS) is 1. The summed E-state index contributed by atoms with van der Waals surface area (Å²) in [7, 11) is 1.08. The van der Waals surface area contributed by atoms with Crippen LogP contribution in [0.4, 0.5) is 0 Å². The molecular formula is C11H13N3O7. The van der Waals surface area contributed by atoms with Crippen molar-refractivity contribution in [2.75, 3.05) is 7.11 Å². The molecular weight excluding hydrogens is 286 g/mol.